The van der Waals surface area contributed by atoms with Gasteiger partial charge in [0.1, 0.15) is 0 Å². The molecule has 0 amide bonds. The molecule has 0 bridgehead atoms. The minimum Gasteiger partial charge on any atom is -0.310 e. The fraction of sp³-hybridized carbons (Fsp3) is 0.0714. The van der Waals surface area contributed by atoms with E-state index in [1.807, 2.05) is 0 Å². The van der Waals surface area contributed by atoms with Gasteiger partial charge in [0.15, 0.2) is 0 Å². The zero-order valence-corrected chi connectivity index (χ0v) is 32.2. The summed E-state index contributed by atoms with van der Waals surface area (Å²) in [7, 11) is 0. The average Bonchev–Trinajstić information content (AvgIpc) is 3.57. The zero-order chi connectivity index (χ0) is 38.1. The van der Waals surface area contributed by atoms with Crippen LogP contribution >= 0.6 is 0 Å². The van der Waals surface area contributed by atoms with Crippen LogP contribution in [0.4, 0.5) is 17.1 Å². The number of hydrogen-bond donors (Lipinski definition) is 0. The summed E-state index contributed by atoms with van der Waals surface area (Å²) in [6.45, 7) is 4.78. The lowest BCUT2D eigenvalue weighted by Crippen LogP contribution is -2.40. The van der Waals surface area contributed by atoms with E-state index >= 15 is 0 Å². The molecule has 0 unspecified atom stereocenters. The normalized spacial score (nSPS) is 14.1. The Labute approximate surface area is 335 Å². The summed E-state index contributed by atoms with van der Waals surface area (Å²) < 4.78 is 0. The molecule has 2 aliphatic rings. The molecule has 1 nitrogen and oxygen atoms in total. The molecule has 1 spiro atoms. The summed E-state index contributed by atoms with van der Waals surface area (Å²) in [6.07, 6.45) is 0. The molecule has 1 heteroatoms. The second kappa shape index (κ2) is 12.8. The van der Waals surface area contributed by atoms with Crippen molar-refractivity contribution in [2.45, 2.75) is 24.7 Å². The van der Waals surface area contributed by atoms with Crippen LogP contribution < -0.4 is 4.90 Å². The van der Waals surface area contributed by atoms with Crippen LogP contribution in [0.3, 0.4) is 0 Å². The highest BCUT2D eigenvalue weighted by Gasteiger charge is 2.54. The molecule has 2 aliphatic carbocycles. The minimum absolute atomic E-state index is 0.148. The monoisotopic (exact) mass is 727 g/mol. The Morgan fingerprint density at radius 1 is 0.316 bits per heavy atom. The first-order chi connectivity index (χ1) is 28.0. The molecule has 57 heavy (non-hydrogen) atoms. The summed E-state index contributed by atoms with van der Waals surface area (Å²) >= 11 is 0. The van der Waals surface area contributed by atoms with E-state index in [4.69, 9.17) is 0 Å². The largest absolute Gasteiger partial charge is 0.310 e. The highest BCUT2D eigenvalue weighted by molar-refractivity contribution is 5.95. The van der Waals surface area contributed by atoms with Gasteiger partial charge in [-0.25, -0.2) is 0 Å². The van der Waals surface area contributed by atoms with Gasteiger partial charge in [-0.1, -0.05) is 184 Å². The fourth-order valence-electron chi connectivity index (χ4n) is 10.2. The van der Waals surface area contributed by atoms with Crippen LogP contribution in [0.1, 0.15) is 47.2 Å². The number of fused-ring (bicyclic) bond motifs is 10. The first kappa shape index (κ1) is 33.4. The van der Waals surface area contributed by atoms with Gasteiger partial charge in [0.25, 0.3) is 0 Å². The Bertz CT molecular complexity index is 2940. The summed E-state index contributed by atoms with van der Waals surface area (Å²) in [4.78, 5) is 2.38. The van der Waals surface area contributed by atoms with Crippen molar-refractivity contribution < 1.29 is 0 Å². The van der Waals surface area contributed by atoms with Crippen LogP contribution in [0.5, 0.6) is 0 Å². The summed E-state index contributed by atoms with van der Waals surface area (Å²) in [5, 5.41) is 2.51. The van der Waals surface area contributed by atoms with Crippen molar-refractivity contribution >= 4 is 27.8 Å². The minimum atomic E-state index is -0.473. The molecular formula is C56H41N. The summed E-state index contributed by atoms with van der Waals surface area (Å²) in [6, 6.07) is 78.7. The quantitative estimate of drug-likeness (QED) is 0.171. The molecule has 11 rings (SSSR count). The second-order valence-electron chi connectivity index (χ2n) is 16.1. The first-order valence-corrected chi connectivity index (χ1v) is 20.0. The smallest absolute Gasteiger partial charge is 0.0725 e. The Balaban J connectivity index is 1.10. The van der Waals surface area contributed by atoms with Crippen molar-refractivity contribution in [3.63, 3.8) is 0 Å². The van der Waals surface area contributed by atoms with Crippen molar-refractivity contribution in [2.24, 2.45) is 0 Å². The highest BCUT2D eigenvalue weighted by Crippen LogP contribution is 2.63. The molecular weight excluding hydrogens is 687 g/mol. The van der Waals surface area contributed by atoms with E-state index in [-0.39, 0.29) is 5.41 Å². The molecule has 0 N–H and O–H groups in total. The predicted molar refractivity (Wildman–Crippen MR) is 239 cm³/mol. The summed E-state index contributed by atoms with van der Waals surface area (Å²) in [5.74, 6) is 0. The highest BCUT2D eigenvalue weighted by atomic mass is 15.1. The third-order valence-corrected chi connectivity index (χ3v) is 12.7. The Morgan fingerprint density at radius 3 is 1.58 bits per heavy atom. The lowest BCUT2D eigenvalue weighted by Gasteiger charge is -2.47. The van der Waals surface area contributed by atoms with Gasteiger partial charge < -0.3 is 4.90 Å². The third-order valence-electron chi connectivity index (χ3n) is 12.7. The van der Waals surface area contributed by atoms with E-state index in [0.29, 0.717) is 0 Å². The van der Waals surface area contributed by atoms with Crippen LogP contribution in [0, 0.1) is 0 Å². The fourth-order valence-corrected chi connectivity index (χ4v) is 10.2. The molecule has 0 saturated carbocycles. The molecule has 270 valence electrons. The van der Waals surface area contributed by atoms with Gasteiger partial charge in [-0.15, -0.1) is 0 Å². The van der Waals surface area contributed by atoms with Crippen molar-refractivity contribution in [3.05, 3.63) is 246 Å². The van der Waals surface area contributed by atoms with Crippen molar-refractivity contribution in [1.82, 2.24) is 0 Å². The van der Waals surface area contributed by atoms with Crippen LogP contribution in [-0.2, 0) is 10.8 Å². The molecule has 0 radical (unpaired) electrons. The Hall–Kier alpha value is -6.96. The van der Waals surface area contributed by atoms with Gasteiger partial charge in [-0.05, 0) is 120 Å². The van der Waals surface area contributed by atoms with E-state index in [1.165, 1.54) is 77.5 Å². The lowest BCUT2D eigenvalue weighted by atomic mass is 9.55. The van der Waals surface area contributed by atoms with E-state index < -0.39 is 5.41 Å². The molecule has 9 aromatic rings. The van der Waals surface area contributed by atoms with E-state index in [2.05, 4.69) is 231 Å². The van der Waals surface area contributed by atoms with E-state index in [1.54, 1.807) is 0 Å². The summed E-state index contributed by atoms with van der Waals surface area (Å²) in [5.41, 5.74) is 18.5. The van der Waals surface area contributed by atoms with Crippen LogP contribution in [0.2, 0.25) is 0 Å². The number of rotatable bonds is 5. The van der Waals surface area contributed by atoms with Gasteiger partial charge in [0, 0.05) is 22.5 Å². The second-order valence-corrected chi connectivity index (χ2v) is 16.1. The van der Waals surface area contributed by atoms with Crippen LogP contribution in [0.25, 0.3) is 44.2 Å². The molecule has 0 aliphatic heterocycles. The Morgan fingerprint density at radius 2 is 0.842 bits per heavy atom. The van der Waals surface area contributed by atoms with Crippen molar-refractivity contribution in [3.8, 4) is 33.4 Å². The standard InChI is InChI=1S/C56H41N/c1-55(2)50-26-10-12-28-52(50)56(53-29-13-11-27-51(53)55)49-25-9-8-22-47(49)48-24-15-23-46(54(48)56)42-18-14-21-45(37-42)57(43-19-4-3-5-20-43)44-34-32-39(33-35-44)41-31-30-38-16-6-7-17-40(38)36-41/h3-37H,1-2H3. The van der Waals surface area contributed by atoms with Crippen molar-refractivity contribution in [2.75, 3.05) is 4.90 Å². The number of benzene rings is 9. The molecule has 0 atom stereocenters. The van der Waals surface area contributed by atoms with Gasteiger partial charge in [0.2, 0.25) is 0 Å². The molecule has 0 aromatic heterocycles. The molecule has 0 fully saturated rings. The maximum Gasteiger partial charge on any atom is 0.0725 e. The SMILES string of the molecule is CC1(C)c2ccccc2C2(c3ccccc3-c3cccc(-c4cccc(N(c5ccccc5)c5ccc(-c6ccc7ccccc7c6)cc5)c4)c32)c2ccccc21. The van der Waals surface area contributed by atoms with E-state index in [9.17, 15) is 0 Å². The molecule has 9 aromatic carbocycles. The maximum atomic E-state index is 2.39. The number of anilines is 3. The zero-order valence-electron chi connectivity index (χ0n) is 32.2. The Kier molecular flexibility index (Phi) is 7.50. The van der Waals surface area contributed by atoms with Gasteiger partial charge >= 0.3 is 0 Å². The van der Waals surface area contributed by atoms with Gasteiger partial charge in [0.05, 0.1) is 5.41 Å². The van der Waals surface area contributed by atoms with Crippen LogP contribution in [-0.4, -0.2) is 0 Å². The first-order valence-electron chi connectivity index (χ1n) is 20.0. The maximum absolute atomic E-state index is 2.39. The number of para-hydroxylation sites is 1. The van der Waals surface area contributed by atoms with E-state index in [0.717, 1.165) is 17.1 Å². The molecule has 0 heterocycles. The average molecular weight is 728 g/mol. The van der Waals surface area contributed by atoms with Crippen LogP contribution in [0.15, 0.2) is 212 Å². The topological polar surface area (TPSA) is 3.24 Å². The lowest BCUT2D eigenvalue weighted by molar-refractivity contribution is 0.563. The van der Waals surface area contributed by atoms with Gasteiger partial charge in [-0.3, -0.25) is 0 Å². The predicted octanol–water partition coefficient (Wildman–Crippen LogP) is 14.6. The van der Waals surface area contributed by atoms with Crippen molar-refractivity contribution in [1.29, 1.82) is 0 Å². The third kappa shape index (κ3) is 4.95. The number of nitrogens with zero attached hydrogens (tertiary/aromatic N) is 1. The molecule has 0 saturated heterocycles. The number of hydrogen-bond acceptors (Lipinski definition) is 1. The van der Waals surface area contributed by atoms with Gasteiger partial charge in [-0.2, -0.15) is 0 Å².